The number of fused-ring (bicyclic) bond motifs is 2. The molecule has 0 unspecified atom stereocenters. The number of carboxylic acid groups (broad SMARTS) is 1. The molecule has 0 saturated carbocycles. The van der Waals surface area contributed by atoms with Crippen LogP contribution in [0.25, 0.3) is 32.8 Å². The van der Waals surface area contributed by atoms with Gasteiger partial charge >= 0.3 is 12.1 Å². The molecule has 2 aromatic heterocycles. The number of halogens is 2. The highest BCUT2D eigenvalue weighted by atomic mass is 35.5. The van der Waals surface area contributed by atoms with Crippen molar-refractivity contribution >= 4 is 45.3 Å². The molecule has 282 valence electrons. The fourth-order valence-corrected chi connectivity index (χ4v) is 7.54. The molecular formula is C40H47ClFN5O6. The van der Waals surface area contributed by atoms with E-state index < -0.39 is 11.6 Å². The Kier molecular flexibility index (Phi) is 11.3. The van der Waals surface area contributed by atoms with Crippen molar-refractivity contribution in [3.05, 3.63) is 82.0 Å². The summed E-state index contributed by atoms with van der Waals surface area (Å²) in [5.41, 5.74) is 4.15. The zero-order valence-electron chi connectivity index (χ0n) is 31.2. The number of amides is 1. The topological polar surface area (TPSA) is 111 Å². The molecule has 5 aromatic rings. The monoisotopic (exact) mass is 747 g/mol. The van der Waals surface area contributed by atoms with Crippen molar-refractivity contribution in [2.24, 2.45) is 7.05 Å². The van der Waals surface area contributed by atoms with E-state index in [1.54, 1.807) is 22.8 Å². The largest absolute Gasteiger partial charge is 0.493 e. The van der Waals surface area contributed by atoms with Crippen LogP contribution >= 0.6 is 11.6 Å². The third kappa shape index (κ3) is 8.14. The number of aryl methyl sites for hydroxylation is 3. The number of nitrogens with zero attached hydrogens (tertiary/aromatic N) is 5. The molecule has 1 aliphatic rings. The second-order valence-electron chi connectivity index (χ2n) is 14.4. The van der Waals surface area contributed by atoms with E-state index in [1.165, 1.54) is 12.1 Å². The molecule has 0 radical (unpaired) electrons. The van der Waals surface area contributed by atoms with Crippen LogP contribution in [0.3, 0.4) is 0 Å². The van der Waals surface area contributed by atoms with E-state index in [0.717, 1.165) is 38.6 Å². The van der Waals surface area contributed by atoms with Crippen molar-refractivity contribution < 1.29 is 33.3 Å². The molecule has 0 spiro atoms. The molecule has 1 aliphatic heterocycles. The highest BCUT2D eigenvalue weighted by molar-refractivity contribution is 6.35. The van der Waals surface area contributed by atoms with Gasteiger partial charge in [0.2, 0.25) is 0 Å². The maximum atomic E-state index is 13.9. The van der Waals surface area contributed by atoms with Crippen LogP contribution in [0.2, 0.25) is 5.02 Å². The third-order valence-corrected chi connectivity index (χ3v) is 9.96. The number of aromatic nitrogens is 3. The number of methoxy groups -OCH3 is 1. The highest BCUT2D eigenvalue weighted by Crippen LogP contribution is 2.42. The minimum atomic E-state index is -1.04. The van der Waals surface area contributed by atoms with Gasteiger partial charge in [0.15, 0.2) is 0 Å². The highest BCUT2D eigenvalue weighted by Gasteiger charge is 2.30. The molecule has 11 nitrogen and oxygen atoms in total. The van der Waals surface area contributed by atoms with E-state index in [9.17, 15) is 19.1 Å². The number of aromatic carboxylic acids is 1. The van der Waals surface area contributed by atoms with E-state index in [0.29, 0.717) is 87.2 Å². The minimum absolute atomic E-state index is 0.200. The van der Waals surface area contributed by atoms with Gasteiger partial charge in [0.05, 0.1) is 35.1 Å². The Bertz CT molecular complexity index is 2150. The van der Waals surface area contributed by atoms with Crippen molar-refractivity contribution in [1.29, 1.82) is 0 Å². The first kappa shape index (κ1) is 38.1. The molecule has 1 amide bonds. The number of benzene rings is 3. The molecule has 3 heterocycles. The van der Waals surface area contributed by atoms with Crippen LogP contribution in [0.4, 0.5) is 9.18 Å². The van der Waals surface area contributed by atoms with E-state index in [-0.39, 0.29) is 17.6 Å². The lowest BCUT2D eigenvalue weighted by Crippen LogP contribution is -2.50. The first-order valence-electron chi connectivity index (χ1n) is 17.9. The normalized spacial score (nSPS) is 14.0. The number of ether oxygens (including phenoxy) is 3. The molecule has 3 aromatic carbocycles. The molecule has 6 rings (SSSR count). The molecule has 1 fully saturated rings. The molecule has 1 saturated heterocycles. The number of hydrogen-bond donors (Lipinski definition) is 1. The van der Waals surface area contributed by atoms with Crippen LogP contribution < -0.4 is 4.74 Å². The van der Waals surface area contributed by atoms with Crippen LogP contribution in [0, 0.1) is 12.7 Å². The van der Waals surface area contributed by atoms with E-state index >= 15 is 0 Å². The number of carbonyl (C=O) groups excluding carboxylic acids is 1. The number of carbonyl (C=O) groups is 2. The minimum Gasteiger partial charge on any atom is -0.493 e. The summed E-state index contributed by atoms with van der Waals surface area (Å²) in [4.78, 5) is 29.9. The lowest BCUT2D eigenvalue weighted by molar-refractivity contribution is 0.0142. The Morgan fingerprint density at radius 3 is 2.43 bits per heavy atom. The third-order valence-electron chi connectivity index (χ3n) is 9.65. The van der Waals surface area contributed by atoms with Gasteiger partial charge in [0, 0.05) is 75.3 Å². The van der Waals surface area contributed by atoms with Crippen LogP contribution in [-0.2, 0) is 36.1 Å². The summed E-state index contributed by atoms with van der Waals surface area (Å²) in [6.45, 7) is 11.3. The Labute approximate surface area is 313 Å². The summed E-state index contributed by atoms with van der Waals surface area (Å²) >= 11 is 7.05. The Morgan fingerprint density at radius 1 is 1.00 bits per heavy atom. The lowest BCUT2D eigenvalue weighted by atomic mass is 9.98. The zero-order valence-corrected chi connectivity index (χ0v) is 31.9. The lowest BCUT2D eigenvalue weighted by Gasteiger charge is -2.35. The van der Waals surface area contributed by atoms with Gasteiger partial charge in [-0.15, -0.1) is 0 Å². The van der Waals surface area contributed by atoms with Gasteiger partial charge in [0.25, 0.3) is 0 Å². The summed E-state index contributed by atoms with van der Waals surface area (Å²) in [6, 6.07) is 13.8. The predicted molar refractivity (Wildman–Crippen MR) is 204 cm³/mol. The average Bonchev–Trinajstić information content (AvgIpc) is 3.57. The van der Waals surface area contributed by atoms with Crippen molar-refractivity contribution in [2.45, 2.75) is 59.3 Å². The summed E-state index contributed by atoms with van der Waals surface area (Å²) in [5, 5.41) is 18.4. The van der Waals surface area contributed by atoms with Gasteiger partial charge in [-0.05, 0) is 81.8 Å². The van der Waals surface area contributed by atoms with Crippen LogP contribution in [-0.4, -0.2) is 93.4 Å². The average molecular weight is 748 g/mol. The first-order chi connectivity index (χ1) is 25.3. The van der Waals surface area contributed by atoms with Gasteiger partial charge in [-0.1, -0.05) is 29.8 Å². The Balaban J connectivity index is 1.34. The molecule has 0 bridgehead atoms. The summed E-state index contributed by atoms with van der Waals surface area (Å²) in [5.74, 6) is -0.711. The van der Waals surface area contributed by atoms with E-state index in [2.05, 4.69) is 4.90 Å². The van der Waals surface area contributed by atoms with E-state index in [1.807, 2.05) is 69.6 Å². The molecule has 1 N–H and O–H groups in total. The number of piperazine rings is 1. The zero-order chi connectivity index (χ0) is 38.0. The number of carboxylic acids is 1. The van der Waals surface area contributed by atoms with Crippen LogP contribution in [0.5, 0.6) is 5.75 Å². The van der Waals surface area contributed by atoms with Crippen molar-refractivity contribution in [2.75, 3.05) is 46.4 Å². The Morgan fingerprint density at radius 2 is 1.74 bits per heavy atom. The summed E-state index contributed by atoms with van der Waals surface area (Å²) in [7, 11) is 3.48. The van der Waals surface area contributed by atoms with Crippen LogP contribution in [0.1, 0.15) is 54.6 Å². The number of rotatable bonds is 12. The summed E-state index contributed by atoms with van der Waals surface area (Å²) in [6.07, 6.45) is 0.627. The summed E-state index contributed by atoms with van der Waals surface area (Å²) < 4.78 is 34.9. The van der Waals surface area contributed by atoms with Crippen molar-refractivity contribution in [1.82, 2.24) is 24.1 Å². The SMILES string of the molecule is COCc1c(-c2c(Cl)ccc3c(CCCOc4cccc5cc(F)ccc45)c(C(=O)O)n(CCN4CCN(C(=O)OC(C)(C)C)CC4)c23)c(C)nn1C. The van der Waals surface area contributed by atoms with Gasteiger partial charge in [-0.2, -0.15) is 5.10 Å². The molecule has 0 aliphatic carbocycles. The quantitative estimate of drug-likeness (QED) is 0.129. The van der Waals surface area contributed by atoms with Crippen molar-refractivity contribution in [3.8, 4) is 16.9 Å². The second-order valence-corrected chi connectivity index (χ2v) is 14.9. The maximum Gasteiger partial charge on any atom is 0.410 e. The van der Waals surface area contributed by atoms with E-state index in [4.69, 9.17) is 30.9 Å². The van der Waals surface area contributed by atoms with Gasteiger partial charge in [0.1, 0.15) is 22.9 Å². The predicted octanol–water partition coefficient (Wildman–Crippen LogP) is 7.70. The molecule has 13 heteroatoms. The van der Waals surface area contributed by atoms with Gasteiger partial charge in [-0.3, -0.25) is 9.58 Å². The fraction of sp³-hybridized carbons (Fsp3) is 0.425. The molecular weight excluding hydrogens is 701 g/mol. The van der Waals surface area contributed by atoms with Crippen molar-refractivity contribution in [3.63, 3.8) is 0 Å². The smallest absolute Gasteiger partial charge is 0.410 e. The standard InChI is InChI=1S/C40H47ClFN5O6/c1-25-34(32(24-51-6)44(5)43-25)35-31(41)15-14-30-29(10-8-22-52-33-11-7-9-26-23-27(42)12-13-28(26)33)37(38(48)49)47(36(30)35)21-18-45-16-19-46(20-17-45)39(50)53-40(2,3)4/h7,9,11-15,23H,8,10,16-22,24H2,1-6H3,(H,48,49). The molecule has 0 atom stereocenters. The van der Waals surface area contributed by atoms with Gasteiger partial charge in [-0.25, -0.2) is 14.0 Å². The second kappa shape index (κ2) is 15.8. The van der Waals surface area contributed by atoms with Crippen LogP contribution in [0.15, 0.2) is 48.5 Å². The Hall–Kier alpha value is -4.65. The molecule has 53 heavy (non-hydrogen) atoms. The fourth-order valence-electron chi connectivity index (χ4n) is 7.29. The maximum absolute atomic E-state index is 13.9. The first-order valence-corrected chi connectivity index (χ1v) is 18.2. The number of hydrogen-bond acceptors (Lipinski definition) is 7. The van der Waals surface area contributed by atoms with Gasteiger partial charge < -0.3 is 28.8 Å².